The monoisotopic (exact) mass is 121 g/mol. The molecule has 0 aliphatic rings. The van der Waals surface area contributed by atoms with Gasteiger partial charge in [-0.25, -0.2) is 0 Å². The fourth-order valence-electron chi connectivity index (χ4n) is 0.277. The van der Waals surface area contributed by atoms with Crippen LogP contribution in [0.4, 0.5) is 0 Å². The second-order valence-corrected chi connectivity index (χ2v) is 2.20. The number of carbonyl (C=O) groups excluding carboxylic acids is 1. The zero-order chi connectivity index (χ0) is 5.86. The summed E-state index contributed by atoms with van der Waals surface area (Å²) in [5.74, 6) is -0.345. The molecule has 0 radical (unpaired) electrons. The minimum absolute atomic E-state index is 0.127. The molecular weight excluding hydrogens is 114 g/mol. The van der Waals surface area contributed by atoms with Crippen LogP contribution in [-0.2, 0) is 4.79 Å². The van der Waals surface area contributed by atoms with Gasteiger partial charge in [-0.1, -0.05) is 0 Å². The molecule has 0 aromatic rings. The zero-order valence-corrected chi connectivity index (χ0v) is 4.90. The average molecular weight is 122 g/mol. The van der Waals surface area contributed by atoms with Crippen molar-refractivity contribution in [2.75, 3.05) is 0 Å². The lowest BCUT2D eigenvalue weighted by atomic mass is 10.3. The molecule has 0 aliphatic carbocycles. The first kappa shape index (κ1) is 6.76. The van der Waals surface area contributed by atoms with Crippen LogP contribution in [0.25, 0.3) is 0 Å². The van der Waals surface area contributed by atoms with Crippen LogP contribution in [0.2, 0.25) is 0 Å². The van der Waals surface area contributed by atoms with E-state index in [4.69, 9.17) is 17.3 Å². The van der Waals surface area contributed by atoms with E-state index in [1.54, 1.807) is 6.92 Å². The van der Waals surface area contributed by atoms with Crippen LogP contribution in [0.1, 0.15) is 13.3 Å². The van der Waals surface area contributed by atoms with Gasteiger partial charge in [0.1, 0.15) is 0 Å². The largest absolute Gasteiger partial charge is 0.370 e. The molecule has 2 N–H and O–H groups in total. The van der Waals surface area contributed by atoms with Crippen molar-refractivity contribution in [3.8, 4) is 0 Å². The molecule has 42 valence electrons. The minimum atomic E-state index is -0.345. The van der Waals surface area contributed by atoms with Crippen LogP contribution < -0.4 is 5.73 Å². The summed E-state index contributed by atoms with van der Waals surface area (Å²) >= 11 is 5.37. The standard InChI is InChI=1S/C4H8ClNO/c1-3(5)2-4(6)7/h3H,2H2,1H3,(H2,6,7)/t3-/m0/s1. The number of alkyl halides is 1. The lowest BCUT2D eigenvalue weighted by Crippen LogP contribution is -2.14. The summed E-state index contributed by atoms with van der Waals surface area (Å²) in [6, 6.07) is 0. The van der Waals surface area contributed by atoms with Gasteiger partial charge in [0.05, 0.1) is 0 Å². The molecule has 0 aromatic heterocycles. The fraction of sp³-hybridized carbons (Fsp3) is 0.750. The molecule has 1 amide bonds. The van der Waals surface area contributed by atoms with E-state index in [0.717, 1.165) is 0 Å². The van der Waals surface area contributed by atoms with E-state index < -0.39 is 0 Å². The second kappa shape index (κ2) is 2.86. The molecule has 0 aromatic carbocycles. The molecule has 0 bridgehead atoms. The van der Waals surface area contributed by atoms with Gasteiger partial charge >= 0.3 is 0 Å². The number of carbonyl (C=O) groups is 1. The Morgan fingerprint density at radius 1 is 2.00 bits per heavy atom. The van der Waals surface area contributed by atoms with Crippen molar-refractivity contribution >= 4 is 17.5 Å². The van der Waals surface area contributed by atoms with Crippen LogP contribution in [0.15, 0.2) is 0 Å². The van der Waals surface area contributed by atoms with E-state index in [2.05, 4.69) is 0 Å². The summed E-state index contributed by atoms with van der Waals surface area (Å²) < 4.78 is 0. The number of halogens is 1. The van der Waals surface area contributed by atoms with E-state index in [0.29, 0.717) is 0 Å². The Labute approximate surface area is 47.6 Å². The average Bonchev–Trinajstić information content (AvgIpc) is 1.27. The van der Waals surface area contributed by atoms with Crippen molar-refractivity contribution in [3.63, 3.8) is 0 Å². The van der Waals surface area contributed by atoms with Crippen molar-refractivity contribution in [1.29, 1.82) is 0 Å². The second-order valence-electron chi connectivity index (χ2n) is 1.45. The minimum Gasteiger partial charge on any atom is -0.370 e. The maximum absolute atomic E-state index is 9.95. The van der Waals surface area contributed by atoms with E-state index in [9.17, 15) is 4.79 Å². The third kappa shape index (κ3) is 5.76. The summed E-state index contributed by atoms with van der Waals surface area (Å²) in [5.41, 5.74) is 4.77. The Balaban J connectivity index is 3.13. The summed E-state index contributed by atoms with van der Waals surface area (Å²) in [6.07, 6.45) is 0.265. The van der Waals surface area contributed by atoms with Crippen molar-refractivity contribution in [2.45, 2.75) is 18.7 Å². The molecule has 0 unspecified atom stereocenters. The molecule has 7 heavy (non-hydrogen) atoms. The smallest absolute Gasteiger partial charge is 0.218 e. The number of rotatable bonds is 2. The first-order valence-corrected chi connectivity index (χ1v) is 2.49. The van der Waals surface area contributed by atoms with Crippen LogP contribution >= 0.6 is 11.6 Å². The highest BCUT2D eigenvalue weighted by atomic mass is 35.5. The topological polar surface area (TPSA) is 43.1 Å². The van der Waals surface area contributed by atoms with E-state index in [1.807, 2.05) is 0 Å². The van der Waals surface area contributed by atoms with E-state index >= 15 is 0 Å². The molecule has 0 rings (SSSR count). The maximum Gasteiger partial charge on any atom is 0.218 e. The summed E-state index contributed by atoms with van der Waals surface area (Å²) in [5, 5.41) is -0.127. The van der Waals surface area contributed by atoms with Gasteiger partial charge in [0.15, 0.2) is 0 Å². The van der Waals surface area contributed by atoms with Gasteiger partial charge in [0.25, 0.3) is 0 Å². The summed E-state index contributed by atoms with van der Waals surface area (Å²) in [6.45, 7) is 1.73. The summed E-state index contributed by atoms with van der Waals surface area (Å²) in [7, 11) is 0. The normalized spacial score (nSPS) is 13.4. The molecule has 3 heteroatoms. The van der Waals surface area contributed by atoms with Crippen LogP contribution in [0.5, 0.6) is 0 Å². The molecular formula is C4H8ClNO. The van der Waals surface area contributed by atoms with Gasteiger partial charge in [-0.15, -0.1) is 11.6 Å². The van der Waals surface area contributed by atoms with Gasteiger partial charge in [-0.3, -0.25) is 4.79 Å². The van der Waals surface area contributed by atoms with E-state index in [1.165, 1.54) is 0 Å². The number of hydrogen-bond acceptors (Lipinski definition) is 1. The number of hydrogen-bond donors (Lipinski definition) is 1. The predicted molar refractivity (Wildman–Crippen MR) is 29.1 cm³/mol. The molecule has 0 heterocycles. The number of amides is 1. The molecule has 0 aliphatic heterocycles. The van der Waals surface area contributed by atoms with Gasteiger partial charge < -0.3 is 5.73 Å². The Kier molecular flexibility index (Phi) is 2.76. The Bertz CT molecular complexity index is 72.1. The van der Waals surface area contributed by atoms with Crippen molar-refractivity contribution < 1.29 is 4.79 Å². The summed E-state index contributed by atoms with van der Waals surface area (Å²) in [4.78, 5) is 9.95. The molecule has 0 spiro atoms. The van der Waals surface area contributed by atoms with Gasteiger partial charge in [-0.05, 0) is 6.92 Å². The SMILES string of the molecule is C[C@H](Cl)CC(N)=O. The lowest BCUT2D eigenvalue weighted by molar-refractivity contribution is -0.117. The molecule has 0 fully saturated rings. The Hall–Kier alpha value is -0.240. The van der Waals surface area contributed by atoms with Crippen LogP contribution in [0.3, 0.4) is 0 Å². The highest BCUT2D eigenvalue weighted by molar-refractivity contribution is 6.21. The predicted octanol–water partition coefficient (Wildman–Crippen LogP) is 0.489. The van der Waals surface area contributed by atoms with Crippen LogP contribution in [0, 0.1) is 0 Å². The molecule has 0 saturated heterocycles. The Morgan fingerprint density at radius 3 is 2.43 bits per heavy atom. The van der Waals surface area contributed by atoms with Crippen LogP contribution in [-0.4, -0.2) is 11.3 Å². The van der Waals surface area contributed by atoms with Gasteiger partial charge in [0.2, 0.25) is 5.91 Å². The first-order valence-electron chi connectivity index (χ1n) is 2.05. The van der Waals surface area contributed by atoms with Gasteiger partial charge in [0, 0.05) is 11.8 Å². The third-order valence-electron chi connectivity index (χ3n) is 0.482. The maximum atomic E-state index is 9.95. The molecule has 1 atom stereocenters. The lowest BCUT2D eigenvalue weighted by Gasteiger charge is -1.93. The highest BCUT2D eigenvalue weighted by Crippen LogP contribution is 1.96. The number of primary amides is 1. The highest BCUT2D eigenvalue weighted by Gasteiger charge is 1.98. The van der Waals surface area contributed by atoms with Gasteiger partial charge in [-0.2, -0.15) is 0 Å². The quantitative estimate of drug-likeness (QED) is 0.531. The zero-order valence-electron chi connectivity index (χ0n) is 4.15. The Morgan fingerprint density at radius 2 is 2.43 bits per heavy atom. The van der Waals surface area contributed by atoms with Crippen molar-refractivity contribution in [2.24, 2.45) is 5.73 Å². The van der Waals surface area contributed by atoms with Crippen molar-refractivity contribution in [3.05, 3.63) is 0 Å². The first-order chi connectivity index (χ1) is 3.13. The fourth-order valence-corrected chi connectivity index (χ4v) is 0.429. The molecule has 0 saturated carbocycles. The van der Waals surface area contributed by atoms with E-state index in [-0.39, 0.29) is 17.7 Å². The third-order valence-corrected chi connectivity index (χ3v) is 0.637. The number of nitrogens with two attached hydrogens (primary N) is 1. The molecule has 2 nitrogen and oxygen atoms in total. The van der Waals surface area contributed by atoms with Crippen molar-refractivity contribution in [1.82, 2.24) is 0 Å².